The normalized spacial score (nSPS) is 19.8. The topological polar surface area (TPSA) is 65.0 Å². The summed E-state index contributed by atoms with van der Waals surface area (Å²) in [7, 11) is 0. The lowest BCUT2D eigenvalue weighted by molar-refractivity contribution is 0.167. The summed E-state index contributed by atoms with van der Waals surface area (Å²) in [4.78, 5) is 6.46. The van der Waals surface area contributed by atoms with Crippen LogP contribution in [-0.4, -0.2) is 38.3 Å². The molecule has 5 nitrogen and oxygen atoms in total. The Morgan fingerprint density at radius 3 is 2.85 bits per heavy atom. The van der Waals surface area contributed by atoms with Crippen molar-refractivity contribution < 1.29 is 5.11 Å². The van der Waals surface area contributed by atoms with Gasteiger partial charge in [0, 0.05) is 0 Å². The van der Waals surface area contributed by atoms with Gasteiger partial charge in [-0.05, 0) is 26.4 Å². The third-order valence-electron chi connectivity index (χ3n) is 2.24. The second kappa shape index (κ2) is 3.43. The molecule has 1 aromatic heterocycles. The van der Waals surface area contributed by atoms with Crippen molar-refractivity contribution in [2.45, 2.75) is 26.0 Å². The third kappa shape index (κ3) is 1.87. The minimum atomic E-state index is -0.582. The van der Waals surface area contributed by atoms with Gasteiger partial charge in [0.2, 0.25) is 0 Å². The summed E-state index contributed by atoms with van der Waals surface area (Å²) in [6.45, 7) is 4.77. The Morgan fingerprint density at radius 1 is 1.62 bits per heavy atom. The standard InChI is InChI=1S/C8H14N4O/c1-6(13)8-9-7(10-11-8)5-12-3-2-4-12/h6,13H,2-5H2,1H3,(H,9,10,11). The van der Waals surface area contributed by atoms with Gasteiger partial charge in [-0.1, -0.05) is 0 Å². The van der Waals surface area contributed by atoms with Gasteiger partial charge in [-0.2, -0.15) is 5.10 Å². The van der Waals surface area contributed by atoms with E-state index in [2.05, 4.69) is 20.1 Å². The molecule has 13 heavy (non-hydrogen) atoms. The fraction of sp³-hybridized carbons (Fsp3) is 0.750. The Labute approximate surface area is 76.8 Å². The number of hydrogen-bond donors (Lipinski definition) is 2. The molecule has 1 unspecified atom stereocenters. The molecule has 5 heteroatoms. The molecular weight excluding hydrogens is 168 g/mol. The van der Waals surface area contributed by atoms with Crippen molar-refractivity contribution in [2.75, 3.05) is 13.1 Å². The molecule has 0 amide bonds. The van der Waals surface area contributed by atoms with Crippen molar-refractivity contribution in [3.05, 3.63) is 11.6 Å². The average molecular weight is 182 g/mol. The van der Waals surface area contributed by atoms with Crippen LogP contribution in [0, 0.1) is 0 Å². The molecule has 0 saturated carbocycles. The van der Waals surface area contributed by atoms with E-state index in [-0.39, 0.29) is 0 Å². The van der Waals surface area contributed by atoms with Crippen molar-refractivity contribution in [2.24, 2.45) is 0 Å². The van der Waals surface area contributed by atoms with Crippen LogP contribution >= 0.6 is 0 Å². The molecule has 72 valence electrons. The van der Waals surface area contributed by atoms with Gasteiger partial charge in [-0.15, -0.1) is 0 Å². The van der Waals surface area contributed by atoms with E-state index in [0.717, 1.165) is 25.5 Å². The first-order valence-corrected chi connectivity index (χ1v) is 4.57. The second-order valence-corrected chi connectivity index (χ2v) is 3.45. The second-order valence-electron chi connectivity index (χ2n) is 3.45. The highest BCUT2D eigenvalue weighted by Crippen LogP contribution is 2.11. The zero-order valence-corrected chi connectivity index (χ0v) is 7.69. The van der Waals surface area contributed by atoms with E-state index in [1.54, 1.807) is 6.92 Å². The van der Waals surface area contributed by atoms with Gasteiger partial charge in [0.15, 0.2) is 5.82 Å². The molecule has 0 aliphatic carbocycles. The van der Waals surface area contributed by atoms with Gasteiger partial charge < -0.3 is 5.11 Å². The fourth-order valence-corrected chi connectivity index (χ4v) is 1.32. The zero-order chi connectivity index (χ0) is 9.26. The van der Waals surface area contributed by atoms with Crippen LogP contribution in [0.15, 0.2) is 0 Å². The molecule has 1 atom stereocenters. The summed E-state index contributed by atoms with van der Waals surface area (Å²) in [6.07, 6.45) is 0.693. The number of H-pyrrole nitrogens is 1. The minimum absolute atomic E-state index is 0.482. The zero-order valence-electron chi connectivity index (χ0n) is 7.69. The van der Waals surface area contributed by atoms with Crippen LogP contribution in [0.1, 0.15) is 31.1 Å². The summed E-state index contributed by atoms with van der Waals surface area (Å²) in [5.41, 5.74) is 0. The first kappa shape index (κ1) is 8.65. The molecule has 0 spiro atoms. The number of aliphatic hydroxyl groups is 1. The molecule has 0 bridgehead atoms. The van der Waals surface area contributed by atoms with Crippen LogP contribution in [-0.2, 0) is 6.54 Å². The molecule has 2 heterocycles. The molecule has 1 aliphatic rings. The molecule has 2 rings (SSSR count). The maximum atomic E-state index is 9.18. The summed E-state index contributed by atoms with van der Waals surface area (Å²) in [5.74, 6) is 1.33. The van der Waals surface area contributed by atoms with E-state index in [1.165, 1.54) is 6.42 Å². The van der Waals surface area contributed by atoms with E-state index in [1.807, 2.05) is 0 Å². The van der Waals surface area contributed by atoms with Crippen LogP contribution in [0.3, 0.4) is 0 Å². The van der Waals surface area contributed by atoms with Gasteiger partial charge in [0.25, 0.3) is 0 Å². The number of aromatic amines is 1. The molecule has 1 fully saturated rings. The quantitative estimate of drug-likeness (QED) is 0.694. The summed E-state index contributed by atoms with van der Waals surface area (Å²) < 4.78 is 0. The number of hydrogen-bond acceptors (Lipinski definition) is 4. The molecule has 1 aliphatic heterocycles. The van der Waals surface area contributed by atoms with Crippen LogP contribution in [0.25, 0.3) is 0 Å². The number of nitrogens with zero attached hydrogens (tertiary/aromatic N) is 3. The van der Waals surface area contributed by atoms with Crippen molar-refractivity contribution in [3.63, 3.8) is 0 Å². The fourth-order valence-electron chi connectivity index (χ4n) is 1.32. The van der Waals surface area contributed by atoms with Gasteiger partial charge in [0.05, 0.1) is 6.54 Å². The monoisotopic (exact) mass is 182 g/mol. The number of rotatable bonds is 3. The van der Waals surface area contributed by atoms with E-state index >= 15 is 0 Å². The highest BCUT2D eigenvalue weighted by molar-refractivity contribution is 4.93. The minimum Gasteiger partial charge on any atom is -0.385 e. The number of aliphatic hydroxyl groups excluding tert-OH is 1. The number of nitrogens with one attached hydrogen (secondary N) is 1. The first-order chi connectivity index (χ1) is 6.25. The van der Waals surface area contributed by atoms with Crippen LogP contribution in [0.2, 0.25) is 0 Å². The van der Waals surface area contributed by atoms with E-state index < -0.39 is 6.10 Å². The van der Waals surface area contributed by atoms with Gasteiger partial charge >= 0.3 is 0 Å². The predicted octanol–water partition coefficient (Wildman–Crippen LogP) is 0.0637. The smallest absolute Gasteiger partial charge is 0.178 e. The Balaban J connectivity index is 1.96. The van der Waals surface area contributed by atoms with Crippen LogP contribution in [0.5, 0.6) is 0 Å². The maximum Gasteiger partial charge on any atom is 0.178 e. The average Bonchev–Trinajstić information content (AvgIpc) is 2.44. The molecule has 0 radical (unpaired) electrons. The molecular formula is C8H14N4O. The van der Waals surface area contributed by atoms with Crippen LogP contribution in [0.4, 0.5) is 0 Å². The van der Waals surface area contributed by atoms with Gasteiger partial charge in [-0.3, -0.25) is 10.00 Å². The Morgan fingerprint density at radius 2 is 2.38 bits per heavy atom. The Hall–Kier alpha value is -0.940. The molecule has 1 aromatic rings. The van der Waals surface area contributed by atoms with Crippen molar-refractivity contribution >= 4 is 0 Å². The SMILES string of the molecule is CC(O)c1n[nH]c(CN2CCC2)n1. The highest BCUT2D eigenvalue weighted by atomic mass is 16.3. The lowest BCUT2D eigenvalue weighted by atomic mass is 10.2. The van der Waals surface area contributed by atoms with E-state index in [4.69, 9.17) is 0 Å². The maximum absolute atomic E-state index is 9.18. The lowest BCUT2D eigenvalue weighted by Crippen LogP contribution is -2.36. The molecule has 2 N–H and O–H groups in total. The summed E-state index contributed by atoms with van der Waals surface area (Å²) in [5, 5.41) is 15.9. The van der Waals surface area contributed by atoms with Crippen molar-refractivity contribution in [3.8, 4) is 0 Å². The molecule has 0 aromatic carbocycles. The predicted molar refractivity (Wildman–Crippen MR) is 46.9 cm³/mol. The summed E-state index contributed by atoms with van der Waals surface area (Å²) >= 11 is 0. The largest absolute Gasteiger partial charge is 0.385 e. The third-order valence-corrected chi connectivity index (χ3v) is 2.24. The Kier molecular flexibility index (Phi) is 2.28. The van der Waals surface area contributed by atoms with Gasteiger partial charge in [-0.25, -0.2) is 4.98 Å². The summed E-state index contributed by atoms with van der Waals surface area (Å²) in [6, 6.07) is 0. The van der Waals surface area contributed by atoms with Crippen molar-refractivity contribution in [1.29, 1.82) is 0 Å². The van der Waals surface area contributed by atoms with E-state index in [0.29, 0.717) is 5.82 Å². The first-order valence-electron chi connectivity index (χ1n) is 4.57. The highest BCUT2D eigenvalue weighted by Gasteiger charge is 2.16. The van der Waals surface area contributed by atoms with Crippen LogP contribution < -0.4 is 0 Å². The van der Waals surface area contributed by atoms with Crippen molar-refractivity contribution in [1.82, 2.24) is 20.1 Å². The molecule has 1 saturated heterocycles. The number of likely N-dealkylation sites (tertiary alicyclic amines) is 1. The lowest BCUT2D eigenvalue weighted by Gasteiger charge is -2.29. The van der Waals surface area contributed by atoms with E-state index in [9.17, 15) is 5.11 Å². The van der Waals surface area contributed by atoms with Gasteiger partial charge in [0.1, 0.15) is 11.9 Å². The Bertz CT molecular complexity index is 279. The number of aromatic nitrogens is 3.